The van der Waals surface area contributed by atoms with Crippen molar-refractivity contribution >= 4 is 35.8 Å². The number of nitrogens with zero attached hydrogens (tertiary/aromatic N) is 2. The van der Waals surface area contributed by atoms with E-state index in [1.54, 1.807) is 13.1 Å². The van der Waals surface area contributed by atoms with Crippen molar-refractivity contribution in [3.05, 3.63) is 35.4 Å². The Morgan fingerprint density at radius 3 is 2.56 bits per heavy atom. The lowest BCUT2D eigenvalue weighted by molar-refractivity contribution is -0.137. The van der Waals surface area contributed by atoms with Crippen LogP contribution in [0.25, 0.3) is 0 Å². The first-order chi connectivity index (χ1) is 14.7. The van der Waals surface area contributed by atoms with Gasteiger partial charge in [-0.05, 0) is 43.7 Å². The average Bonchev–Trinajstić information content (AvgIpc) is 2.74. The Balaban J connectivity index is 0.00000512. The second-order valence-electron chi connectivity index (χ2n) is 7.94. The van der Waals surface area contributed by atoms with Crippen molar-refractivity contribution in [1.29, 1.82) is 0 Å². The zero-order chi connectivity index (χ0) is 22.9. The van der Waals surface area contributed by atoms with Gasteiger partial charge in [-0.15, -0.1) is 24.0 Å². The number of likely N-dealkylation sites (tertiary alicyclic amines) is 1. The van der Waals surface area contributed by atoms with Crippen LogP contribution >= 0.6 is 24.0 Å². The monoisotopic (exact) mass is 569 g/mol. The van der Waals surface area contributed by atoms with Crippen LogP contribution in [-0.2, 0) is 11.0 Å². The second-order valence-corrected chi connectivity index (χ2v) is 7.94. The van der Waals surface area contributed by atoms with E-state index in [1.807, 2.05) is 13.8 Å². The lowest BCUT2D eigenvalue weighted by Crippen LogP contribution is -2.50. The minimum Gasteiger partial charge on any atom is -0.358 e. The number of hydrogen-bond donors (Lipinski definition) is 3. The van der Waals surface area contributed by atoms with Gasteiger partial charge in [0, 0.05) is 39.3 Å². The number of benzene rings is 1. The highest BCUT2D eigenvalue weighted by Crippen LogP contribution is 2.31. The molecule has 0 bridgehead atoms. The molecule has 1 fully saturated rings. The molecule has 2 rings (SSSR count). The van der Waals surface area contributed by atoms with E-state index in [0.717, 1.165) is 44.5 Å². The summed E-state index contributed by atoms with van der Waals surface area (Å²) in [5.74, 6) is 0.724. The fourth-order valence-electron chi connectivity index (χ4n) is 3.59. The molecular formula is C22H35F3IN5O. The van der Waals surface area contributed by atoms with Crippen LogP contribution in [0.4, 0.5) is 13.2 Å². The maximum absolute atomic E-state index is 12.9. The summed E-state index contributed by atoms with van der Waals surface area (Å²) < 4.78 is 38.8. The Labute approximate surface area is 205 Å². The number of hydrogen-bond acceptors (Lipinski definition) is 3. The van der Waals surface area contributed by atoms with Gasteiger partial charge in [0.05, 0.1) is 12.1 Å². The summed E-state index contributed by atoms with van der Waals surface area (Å²) in [6.45, 7) is 7.27. The molecule has 0 spiro atoms. The highest BCUT2D eigenvalue weighted by Gasteiger charge is 2.30. The molecule has 1 aromatic carbocycles. The number of guanidine groups is 1. The number of rotatable bonds is 8. The topological polar surface area (TPSA) is 68.8 Å². The molecule has 0 aromatic heterocycles. The van der Waals surface area contributed by atoms with Gasteiger partial charge in [-0.2, -0.15) is 13.2 Å². The Hall–Kier alpha value is -1.56. The first-order valence-electron chi connectivity index (χ1n) is 10.9. The number of carbonyl (C=O) groups is 1. The number of piperidine rings is 1. The highest BCUT2D eigenvalue weighted by molar-refractivity contribution is 14.0. The van der Waals surface area contributed by atoms with Crippen LogP contribution in [0.2, 0.25) is 0 Å². The number of amides is 1. The molecule has 32 heavy (non-hydrogen) atoms. The van der Waals surface area contributed by atoms with Crippen molar-refractivity contribution in [3.8, 4) is 0 Å². The summed E-state index contributed by atoms with van der Waals surface area (Å²) in [7, 11) is 1.64. The second kappa shape index (κ2) is 13.9. The molecule has 1 saturated heterocycles. The SMILES string of the molecule is CCNC(=NCCC(C)c1cccc(C(F)(F)F)c1)NC1CCN(CC(=O)NC)CC1.I. The Morgan fingerprint density at radius 1 is 1.28 bits per heavy atom. The lowest BCUT2D eigenvalue weighted by Gasteiger charge is -2.32. The predicted molar refractivity (Wildman–Crippen MR) is 133 cm³/mol. The van der Waals surface area contributed by atoms with Gasteiger partial charge >= 0.3 is 6.18 Å². The maximum atomic E-state index is 12.9. The fraction of sp³-hybridized carbons (Fsp3) is 0.636. The quantitative estimate of drug-likeness (QED) is 0.255. The first kappa shape index (κ1) is 28.5. The molecular weight excluding hydrogens is 534 g/mol. The summed E-state index contributed by atoms with van der Waals surface area (Å²) in [5, 5.41) is 9.33. The summed E-state index contributed by atoms with van der Waals surface area (Å²) in [6, 6.07) is 5.80. The van der Waals surface area contributed by atoms with Crippen molar-refractivity contribution < 1.29 is 18.0 Å². The molecule has 6 nitrogen and oxygen atoms in total. The van der Waals surface area contributed by atoms with Crippen LogP contribution < -0.4 is 16.0 Å². The molecule has 10 heteroatoms. The number of likely N-dealkylation sites (N-methyl/N-ethyl adjacent to an activating group) is 1. The molecule has 0 saturated carbocycles. The Kier molecular flexibility index (Phi) is 12.3. The predicted octanol–water partition coefficient (Wildman–Crippen LogP) is 3.58. The van der Waals surface area contributed by atoms with E-state index in [0.29, 0.717) is 25.1 Å². The average molecular weight is 569 g/mol. The molecule has 1 atom stereocenters. The third-order valence-electron chi connectivity index (χ3n) is 5.53. The van der Waals surface area contributed by atoms with E-state index in [4.69, 9.17) is 0 Å². The largest absolute Gasteiger partial charge is 0.416 e. The van der Waals surface area contributed by atoms with E-state index in [9.17, 15) is 18.0 Å². The minimum atomic E-state index is -4.33. The molecule has 182 valence electrons. The maximum Gasteiger partial charge on any atom is 0.416 e. The van der Waals surface area contributed by atoms with Gasteiger partial charge in [-0.3, -0.25) is 14.7 Å². The normalized spacial score (nSPS) is 16.8. The molecule has 1 aliphatic heterocycles. The van der Waals surface area contributed by atoms with Gasteiger partial charge in [-0.25, -0.2) is 0 Å². The van der Waals surface area contributed by atoms with Crippen LogP contribution in [0.15, 0.2) is 29.3 Å². The number of carbonyl (C=O) groups excluding carboxylic acids is 1. The zero-order valence-electron chi connectivity index (χ0n) is 19.0. The molecule has 1 aromatic rings. The van der Waals surface area contributed by atoms with Crippen LogP contribution in [0.3, 0.4) is 0 Å². The van der Waals surface area contributed by atoms with Crippen molar-refractivity contribution in [1.82, 2.24) is 20.9 Å². The van der Waals surface area contributed by atoms with E-state index in [-0.39, 0.29) is 41.8 Å². The van der Waals surface area contributed by atoms with Gasteiger partial charge in [0.25, 0.3) is 0 Å². The van der Waals surface area contributed by atoms with Crippen LogP contribution in [0.1, 0.15) is 50.2 Å². The van der Waals surface area contributed by atoms with Gasteiger partial charge in [0.2, 0.25) is 5.91 Å². The number of nitrogens with one attached hydrogen (secondary N) is 3. The van der Waals surface area contributed by atoms with Crippen LogP contribution in [0.5, 0.6) is 0 Å². The van der Waals surface area contributed by atoms with Crippen molar-refractivity contribution in [3.63, 3.8) is 0 Å². The molecule has 3 N–H and O–H groups in total. The van der Waals surface area contributed by atoms with Gasteiger partial charge in [0.15, 0.2) is 5.96 Å². The van der Waals surface area contributed by atoms with E-state index < -0.39 is 11.7 Å². The summed E-state index contributed by atoms with van der Waals surface area (Å²) in [5.41, 5.74) is 0.0598. The third kappa shape index (κ3) is 9.51. The fourth-order valence-corrected chi connectivity index (χ4v) is 3.59. The van der Waals surface area contributed by atoms with Crippen molar-refractivity contribution in [2.75, 3.05) is 39.8 Å². The summed E-state index contributed by atoms with van der Waals surface area (Å²) in [6.07, 6.45) is -1.83. The molecule has 1 amide bonds. The van der Waals surface area contributed by atoms with E-state index in [1.165, 1.54) is 12.1 Å². The van der Waals surface area contributed by atoms with Gasteiger partial charge in [-0.1, -0.05) is 25.1 Å². The standard InChI is InChI=1S/C22H34F3N5O.HI/c1-4-27-21(29-19-9-12-30(13-10-19)15-20(31)26-3)28-11-8-16(2)17-6-5-7-18(14-17)22(23,24)25;/h5-7,14,16,19H,4,8-13,15H2,1-3H3,(H,26,31)(H2,27,28,29);1H. The van der Waals surface area contributed by atoms with E-state index >= 15 is 0 Å². The summed E-state index contributed by atoms with van der Waals surface area (Å²) >= 11 is 0. The van der Waals surface area contributed by atoms with Crippen LogP contribution in [0, 0.1) is 0 Å². The minimum absolute atomic E-state index is 0. The number of aliphatic imine (C=N–C) groups is 1. The Bertz CT molecular complexity index is 737. The summed E-state index contributed by atoms with van der Waals surface area (Å²) in [4.78, 5) is 18.3. The molecule has 0 aliphatic carbocycles. The Morgan fingerprint density at radius 2 is 1.97 bits per heavy atom. The number of alkyl halides is 3. The van der Waals surface area contributed by atoms with Gasteiger partial charge < -0.3 is 16.0 Å². The smallest absolute Gasteiger partial charge is 0.358 e. The first-order valence-corrected chi connectivity index (χ1v) is 10.9. The van der Waals surface area contributed by atoms with Gasteiger partial charge in [0.1, 0.15) is 0 Å². The highest BCUT2D eigenvalue weighted by atomic mass is 127. The third-order valence-corrected chi connectivity index (χ3v) is 5.53. The van der Waals surface area contributed by atoms with Crippen LogP contribution in [-0.4, -0.2) is 62.6 Å². The molecule has 1 unspecified atom stereocenters. The molecule has 1 heterocycles. The molecule has 0 radical (unpaired) electrons. The lowest BCUT2D eigenvalue weighted by atomic mass is 9.96. The van der Waals surface area contributed by atoms with E-state index in [2.05, 4.69) is 25.8 Å². The number of halogens is 4. The van der Waals surface area contributed by atoms with Crippen molar-refractivity contribution in [2.45, 2.75) is 51.2 Å². The zero-order valence-corrected chi connectivity index (χ0v) is 21.3. The molecule has 1 aliphatic rings. The van der Waals surface area contributed by atoms with Crippen molar-refractivity contribution in [2.24, 2.45) is 4.99 Å².